The lowest BCUT2D eigenvalue weighted by molar-refractivity contribution is -0.137. The molecule has 5 rings (SSSR count). The van der Waals surface area contributed by atoms with E-state index in [1.807, 2.05) is 6.92 Å². The molecule has 0 fully saturated rings. The first kappa shape index (κ1) is 38.0. The van der Waals surface area contributed by atoms with Crippen molar-refractivity contribution in [3.63, 3.8) is 0 Å². The number of benzene rings is 4. The number of hydrogen-bond acceptors (Lipinski definition) is 6. The fourth-order valence-electron chi connectivity index (χ4n) is 5.54. The van der Waals surface area contributed by atoms with Crippen molar-refractivity contribution >= 4 is 39.1 Å². The van der Waals surface area contributed by atoms with Crippen molar-refractivity contribution in [2.24, 2.45) is 0 Å². The fraction of sp³-hybridized carbons (Fsp3) is 0.243. The number of nitrogens with zero attached hydrogens (tertiary/aromatic N) is 3. The molecule has 0 aliphatic carbocycles. The van der Waals surface area contributed by atoms with Gasteiger partial charge in [0.25, 0.3) is 15.9 Å². The van der Waals surface area contributed by atoms with Crippen LogP contribution in [0.15, 0.2) is 101 Å². The molecule has 0 saturated heterocycles. The molecule has 0 saturated carbocycles. The number of amides is 2. The monoisotopic (exact) mass is 753 g/mol. The quantitative estimate of drug-likeness (QED) is 0.127. The van der Waals surface area contributed by atoms with E-state index in [-0.39, 0.29) is 45.9 Å². The predicted octanol–water partition coefficient (Wildman–Crippen LogP) is 7.62. The summed E-state index contributed by atoms with van der Waals surface area (Å²) in [5.74, 6) is -0.994. The van der Waals surface area contributed by atoms with Gasteiger partial charge in [0.15, 0.2) is 0 Å². The second-order valence-corrected chi connectivity index (χ2v) is 14.0. The molecule has 272 valence electrons. The Kier molecular flexibility index (Phi) is 11.7. The van der Waals surface area contributed by atoms with Crippen LogP contribution in [-0.2, 0) is 34.0 Å². The second-order valence-electron chi connectivity index (χ2n) is 11.9. The number of halogens is 4. The van der Waals surface area contributed by atoms with Crippen LogP contribution >= 0.6 is 11.6 Å². The van der Waals surface area contributed by atoms with Crippen LogP contribution in [0.4, 0.5) is 18.9 Å². The maximum absolute atomic E-state index is 14.2. The molecule has 0 atom stereocenters. The van der Waals surface area contributed by atoms with Crippen LogP contribution in [0, 0.1) is 0 Å². The Morgan fingerprint density at radius 1 is 0.904 bits per heavy atom. The van der Waals surface area contributed by atoms with Crippen molar-refractivity contribution in [1.29, 1.82) is 0 Å². The molecule has 4 aromatic carbocycles. The van der Waals surface area contributed by atoms with Crippen molar-refractivity contribution in [1.82, 2.24) is 19.1 Å². The first-order valence-corrected chi connectivity index (χ1v) is 18.3. The minimum atomic E-state index is -4.81. The lowest BCUT2D eigenvalue weighted by atomic mass is 10.0. The lowest BCUT2D eigenvalue weighted by Crippen LogP contribution is -2.31. The van der Waals surface area contributed by atoms with Gasteiger partial charge in [-0.2, -0.15) is 17.9 Å². The molecule has 0 unspecified atom stereocenters. The third kappa shape index (κ3) is 8.62. The molecule has 0 bridgehead atoms. The van der Waals surface area contributed by atoms with Gasteiger partial charge in [0.1, 0.15) is 5.82 Å². The normalized spacial score (nSPS) is 11.7. The SMILES string of the molecule is CCCCc1nn(-c2cc(NC(=O)CCC)ccc2C(F)(F)F)c(=O)n1Cc1ccc(-c2ccccc2S(=O)(=O)NC(=O)c2ccccc2Cl)cc1. The number of carbonyl (C=O) groups excluding carboxylic acids is 2. The molecule has 1 heterocycles. The summed E-state index contributed by atoms with van der Waals surface area (Å²) < 4.78 is 73.4. The van der Waals surface area contributed by atoms with Crippen LogP contribution in [0.3, 0.4) is 0 Å². The summed E-state index contributed by atoms with van der Waals surface area (Å²) in [4.78, 5) is 38.7. The van der Waals surface area contributed by atoms with Crippen LogP contribution in [0.25, 0.3) is 16.8 Å². The number of alkyl halides is 3. The smallest absolute Gasteiger partial charge is 0.326 e. The van der Waals surface area contributed by atoms with Gasteiger partial charge in [0.05, 0.1) is 33.3 Å². The zero-order chi connectivity index (χ0) is 37.6. The zero-order valence-corrected chi connectivity index (χ0v) is 29.8. The fourth-order valence-corrected chi connectivity index (χ4v) is 6.96. The van der Waals surface area contributed by atoms with Crippen molar-refractivity contribution in [3.05, 3.63) is 129 Å². The number of sulfonamides is 1. The van der Waals surface area contributed by atoms with Crippen molar-refractivity contribution in [2.45, 2.75) is 63.6 Å². The Bertz CT molecular complexity index is 2270. The van der Waals surface area contributed by atoms with Crippen LogP contribution in [0.1, 0.15) is 66.8 Å². The Morgan fingerprint density at radius 2 is 1.60 bits per heavy atom. The number of hydrogen-bond donors (Lipinski definition) is 2. The predicted molar refractivity (Wildman–Crippen MR) is 192 cm³/mol. The topological polar surface area (TPSA) is 132 Å². The first-order chi connectivity index (χ1) is 24.7. The highest BCUT2D eigenvalue weighted by atomic mass is 35.5. The number of unbranched alkanes of at least 4 members (excludes halogenated alkanes) is 1. The molecule has 0 radical (unpaired) electrons. The van der Waals surface area contributed by atoms with E-state index in [9.17, 15) is 36.0 Å². The Hall–Kier alpha value is -5.21. The molecule has 10 nitrogen and oxygen atoms in total. The van der Waals surface area contributed by atoms with Gasteiger partial charge in [-0.15, -0.1) is 5.10 Å². The highest BCUT2D eigenvalue weighted by molar-refractivity contribution is 7.90. The minimum absolute atomic E-state index is 0.00692. The van der Waals surface area contributed by atoms with Crippen LogP contribution in [0.5, 0.6) is 0 Å². The van der Waals surface area contributed by atoms with Gasteiger partial charge in [-0.05, 0) is 60.4 Å². The van der Waals surface area contributed by atoms with E-state index < -0.39 is 39.0 Å². The summed E-state index contributed by atoms with van der Waals surface area (Å²) in [6.45, 7) is 3.69. The van der Waals surface area contributed by atoms with E-state index in [2.05, 4.69) is 15.1 Å². The number of aromatic nitrogens is 3. The molecular weight excluding hydrogens is 719 g/mol. The third-order valence-corrected chi connectivity index (χ3v) is 9.83. The molecule has 2 N–H and O–H groups in total. The van der Waals surface area contributed by atoms with Crippen molar-refractivity contribution < 1.29 is 31.2 Å². The first-order valence-electron chi connectivity index (χ1n) is 16.4. The summed E-state index contributed by atoms with van der Waals surface area (Å²) in [7, 11) is -4.35. The van der Waals surface area contributed by atoms with Gasteiger partial charge in [-0.25, -0.2) is 17.9 Å². The summed E-state index contributed by atoms with van der Waals surface area (Å²) in [5, 5.41) is 7.01. The summed E-state index contributed by atoms with van der Waals surface area (Å²) in [6, 6.07) is 21.8. The van der Waals surface area contributed by atoms with Crippen LogP contribution in [0.2, 0.25) is 5.02 Å². The zero-order valence-electron chi connectivity index (χ0n) is 28.2. The van der Waals surface area contributed by atoms with Crippen molar-refractivity contribution in [3.8, 4) is 16.8 Å². The number of anilines is 1. The standard InChI is InChI=1S/C37H35ClF3N5O5S/c1-3-5-15-33-43-46(31-22-26(42-34(47)10-4-2)20-21-29(31)37(39,40)41)36(49)45(33)23-24-16-18-25(19-17-24)27-11-7-9-14-32(27)52(50,51)44-35(48)28-12-6-8-13-30(28)38/h6-9,11-14,16-22H,3-5,10,15,23H2,1-2H3,(H,42,47)(H,44,48). The van der Waals surface area contributed by atoms with Gasteiger partial charge in [-0.1, -0.05) is 86.5 Å². The molecular formula is C37H35ClF3N5O5S. The van der Waals surface area contributed by atoms with Crippen molar-refractivity contribution in [2.75, 3.05) is 5.32 Å². The average molecular weight is 754 g/mol. The molecule has 0 spiro atoms. The highest BCUT2D eigenvalue weighted by Crippen LogP contribution is 2.35. The van der Waals surface area contributed by atoms with Gasteiger partial charge in [0.2, 0.25) is 5.91 Å². The number of aryl methyl sites for hydroxylation is 1. The van der Waals surface area contributed by atoms with Gasteiger partial charge in [-0.3, -0.25) is 14.2 Å². The molecule has 1 aromatic heterocycles. The Morgan fingerprint density at radius 3 is 2.27 bits per heavy atom. The number of nitrogens with one attached hydrogen (secondary N) is 2. The van der Waals surface area contributed by atoms with Gasteiger partial charge >= 0.3 is 11.9 Å². The Labute approximate surface area is 303 Å². The lowest BCUT2D eigenvalue weighted by Gasteiger charge is -2.14. The number of rotatable bonds is 13. The highest BCUT2D eigenvalue weighted by Gasteiger charge is 2.35. The van der Waals surface area contributed by atoms with E-state index in [1.165, 1.54) is 28.8 Å². The van der Waals surface area contributed by atoms with Gasteiger partial charge in [0, 0.05) is 24.1 Å². The summed E-state index contributed by atoms with van der Waals surface area (Å²) in [5.41, 5.74) is -0.940. The van der Waals surface area contributed by atoms with E-state index in [4.69, 9.17) is 11.6 Å². The molecule has 5 aromatic rings. The molecule has 2 amide bonds. The minimum Gasteiger partial charge on any atom is -0.326 e. The number of carbonyl (C=O) groups is 2. The van der Waals surface area contributed by atoms with E-state index in [1.54, 1.807) is 55.5 Å². The van der Waals surface area contributed by atoms with E-state index in [0.717, 1.165) is 29.3 Å². The summed E-state index contributed by atoms with van der Waals surface area (Å²) in [6.07, 6.45) is -2.43. The van der Waals surface area contributed by atoms with Crippen LogP contribution < -0.4 is 15.7 Å². The second kappa shape index (κ2) is 16.0. The largest absolute Gasteiger partial charge is 0.418 e. The van der Waals surface area contributed by atoms with Gasteiger partial charge < -0.3 is 5.32 Å². The maximum atomic E-state index is 14.2. The maximum Gasteiger partial charge on any atom is 0.418 e. The molecule has 52 heavy (non-hydrogen) atoms. The molecule has 0 aliphatic rings. The third-order valence-electron chi connectivity index (χ3n) is 8.11. The van der Waals surface area contributed by atoms with Crippen LogP contribution in [-0.4, -0.2) is 34.6 Å². The van der Waals surface area contributed by atoms with E-state index >= 15 is 0 Å². The average Bonchev–Trinajstić information content (AvgIpc) is 3.41. The molecule has 15 heteroatoms. The Balaban J connectivity index is 1.48. The van der Waals surface area contributed by atoms with E-state index in [0.29, 0.717) is 36.0 Å². The summed E-state index contributed by atoms with van der Waals surface area (Å²) >= 11 is 6.09. The molecule has 0 aliphatic heterocycles.